The first kappa shape index (κ1) is 15.1. The van der Waals surface area contributed by atoms with Crippen molar-refractivity contribution in [2.24, 2.45) is 0 Å². The third-order valence-electron chi connectivity index (χ3n) is 2.11. The lowest BCUT2D eigenvalue weighted by Crippen LogP contribution is -2.17. The molecule has 0 aliphatic rings. The zero-order valence-electron chi connectivity index (χ0n) is 10.5. The van der Waals surface area contributed by atoms with Gasteiger partial charge >= 0.3 is 12.4 Å². The van der Waals surface area contributed by atoms with Gasteiger partial charge in [0.1, 0.15) is 5.75 Å². The van der Waals surface area contributed by atoms with Crippen molar-refractivity contribution in [1.82, 2.24) is 15.0 Å². The molecule has 1 aromatic carbocycles. The molecule has 6 nitrogen and oxygen atoms in total. The van der Waals surface area contributed by atoms with Gasteiger partial charge in [-0.3, -0.25) is 0 Å². The average Bonchev–Trinajstić information content (AvgIpc) is 2.38. The zero-order chi connectivity index (χ0) is 15.5. The lowest BCUT2D eigenvalue weighted by Gasteiger charge is -2.10. The van der Waals surface area contributed by atoms with E-state index >= 15 is 0 Å². The molecule has 21 heavy (non-hydrogen) atoms. The normalized spacial score (nSPS) is 11.1. The number of rotatable bonds is 4. The van der Waals surface area contributed by atoms with E-state index in [1.54, 1.807) is 0 Å². The summed E-state index contributed by atoms with van der Waals surface area (Å²) in [5.41, 5.74) is 0.439. The average molecular weight is 321 g/mol. The highest BCUT2D eigenvalue weighted by atomic mass is 35.5. The van der Waals surface area contributed by atoms with Gasteiger partial charge in [0, 0.05) is 5.69 Å². The third-order valence-corrected chi connectivity index (χ3v) is 2.28. The third kappa shape index (κ3) is 4.63. The van der Waals surface area contributed by atoms with Crippen LogP contribution in [0.25, 0.3) is 0 Å². The summed E-state index contributed by atoms with van der Waals surface area (Å²) in [5, 5.41) is 2.66. The van der Waals surface area contributed by atoms with E-state index in [2.05, 4.69) is 25.0 Å². The maximum atomic E-state index is 12.0. The van der Waals surface area contributed by atoms with Crippen LogP contribution in [0.3, 0.4) is 0 Å². The summed E-state index contributed by atoms with van der Waals surface area (Å²) in [5.74, 6) is -0.240. The molecular formula is C11H8ClF3N4O2. The Morgan fingerprint density at radius 1 is 1.10 bits per heavy atom. The second-order valence-electron chi connectivity index (χ2n) is 3.61. The number of alkyl halides is 3. The monoisotopic (exact) mass is 320 g/mol. The molecule has 0 unspecified atom stereocenters. The van der Waals surface area contributed by atoms with Gasteiger partial charge in [-0.1, -0.05) is 0 Å². The van der Waals surface area contributed by atoms with E-state index in [0.29, 0.717) is 5.69 Å². The summed E-state index contributed by atoms with van der Waals surface area (Å²) in [7, 11) is 1.36. The molecule has 0 bridgehead atoms. The van der Waals surface area contributed by atoms with Gasteiger partial charge in [-0.2, -0.15) is 15.0 Å². The number of hydrogen-bond donors (Lipinski definition) is 1. The summed E-state index contributed by atoms with van der Waals surface area (Å²) < 4.78 is 44.6. The second-order valence-corrected chi connectivity index (χ2v) is 3.95. The van der Waals surface area contributed by atoms with Crippen molar-refractivity contribution < 1.29 is 22.6 Å². The first-order chi connectivity index (χ1) is 9.85. The second kappa shape index (κ2) is 6.00. The van der Waals surface area contributed by atoms with E-state index < -0.39 is 6.36 Å². The Bertz CT molecular complexity index is 622. The van der Waals surface area contributed by atoms with Crippen molar-refractivity contribution in [3.05, 3.63) is 29.5 Å². The summed E-state index contributed by atoms with van der Waals surface area (Å²) in [6.45, 7) is 0. The molecule has 2 aromatic rings. The molecule has 0 amide bonds. The molecule has 1 N–H and O–H groups in total. The molecule has 0 aliphatic heterocycles. The minimum Gasteiger partial charge on any atom is -0.467 e. The Kier molecular flexibility index (Phi) is 4.32. The van der Waals surface area contributed by atoms with E-state index in [4.69, 9.17) is 16.3 Å². The quantitative estimate of drug-likeness (QED) is 0.933. The number of hydrogen-bond acceptors (Lipinski definition) is 6. The van der Waals surface area contributed by atoms with Crippen LogP contribution in [0.1, 0.15) is 0 Å². The van der Waals surface area contributed by atoms with Crippen molar-refractivity contribution in [2.45, 2.75) is 6.36 Å². The fourth-order valence-electron chi connectivity index (χ4n) is 1.35. The zero-order valence-corrected chi connectivity index (χ0v) is 11.2. The van der Waals surface area contributed by atoms with Crippen molar-refractivity contribution in [1.29, 1.82) is 0 Å². The van der Waals surface area contributed by atoms with E-state index in [9.17, 15) is 13.2 Å². The molecular weight excluding hydrogens is 313 g/mol. The molecule has 112 valence electrons. The molecule has 0 spiro atoms. The minimum absolute atomic E-state index is 0.00882. The number of aromatic nitrogens is 3. The number of methoxy groups -OCH3 is 1. The van der Waals surface area contributed by atoms with Crippen LogP contribution in [-0.4, -0.2) is 28.4 Å². The number of ether oxygens (including phenoxy) is 2. The van der Waals surface area contributed by atoms with Crippen LogP contribution in [-0.2, 0) is 0 Å². The van der Waals surface area contributed by atoms with Gasteiger partial charge in [-0.05, 0) is 35.9 Å². The van der Waals surface area contributed by atoms with Crippen LogP contribution in [0, 0.1) is 0 Å². The SMILES string of the molecule is COc1nc(Cl)nc(Nc2ccc(OC(F)(F)F)cc2)n1. The summed E-state index contributed by atoms with van der Waals surface area (Å²) >= 11 is 5.67. The summed E-state index contributed by atoms with van der Waals surface area (Å²) in [6.07, 6.45) is -4.73. The molecule has 0 radical (unpaired) electrons. The molecule has 2 rings (SSSR count). The fraction of sp³-hybridized carbons (Fsp3) is 0.182. The number of anilines is 2. The van der Waals surface area contributed by atoms with Crippen LogP contribution in [0.15, 0.2) is 24.3 Å². The van der Waals surface area contributed by atoms with E-state index in [0.717, 1.165) is 12.1 Å². The Morgan fingerprint density at radius 2 is 1.76 bits per heavy atom. The molecule has 1 aromatic heterocycles. The lowest BCUT2D eigenvalue weighted by atomic mass is 10.3. The van der Waals surface area contributed by atoms with Crippen molar-refractivity contribution in [3.8, 4) is 11.8 Å². The Balaban J connectivity index is 2.11. The van der Waals surface area contributed by atoms with Crippen molar-refractivity contribution >= 4 is 23.2 Å². The highest BCUT2D eigenvalue weighted by Crippen LogP contribution is 2.25. The summed E-state index contributed by atoms with van der Waals surface area (Å²) in [6, 6.07) is 5.04. The van der Waals surface area contributed by atoms with Gasteiger partial charge in [0.05, 0.1) is 7.11 Å². The van der Waals surface area contributed by atoms with Gasteiger partial charge in [-0.15, -0.1) is 13.2 Å². The fourth-order valence-corrected chi connectivity index (χ4v) is 1.50. The topological polar surface area (TPSA) is 69.2 Å². The number of nitrogens with one attached hydrogen (secondary N) is 1. The Hall–Kier alpha value is -2.29. The summed E-state index contributed by atoms with van der Waals surface area (Å²) in [4.78, 5) is 11.4. The molecule has 0 aliphatic carbocycles. The predicted octanol–water partition coefficient (Wildman–Crippen LogP) is 3.18. The van der Waals surface area contributed by atoms with E-state index in [1.165, 1.54) is 19.2 Å². The van der Waals surface area contributed by atoms with Crippen LogP contribution < -0.4 is 14.8 Å². The van der Waals surface area contributed by atoms with Crippen LogP contribution >= 0.6 is 11.6 Å². The first-order valence-corrected chi connectivity index (χ1v) is 5.82. The largest absolute Gasteiger partial charge is 0.573 e. The lowest BCUT2D eigenvalue weighted by molar-refractivity contribution is -0.274. The molecule has 0 fully saturated rings. The van der Waals surface area contributed by atoms with Crippen LogP contribution in [0.4, 0.5) is 24.8 Å². The van der Waals surface area contributed by atoms with E-state index in [-0.39, 0.29) is 23.0 Å². The highest BCUT2D eigenvalue weighted by Gasteiger charge is 2.30. The van der Waals surface area contributed by atoms with Gasteiger partial charge in [0.25, 0.3) is 0 Å². The first-order valence-electron chi connectivity index (χ1n) is 5.44. The van der Waals surface area contributed by atoms with Crippen LogP contribution in [0.5, 0.6) is 11.8 Å². The standard InChI is InChI=1S/C11H8ClF3N4O2/c1-20-10-18-8(12)17-9(19-10)16-6-2-4-7(5-3-6)21-11(13,14)15/h2-5H,1H3,(H,16,17,18,19). The van der Waals surface area contributed by atoms with Crippen LogP contribution in [0.2, 0.25) is 5.28 Å². The van der Waals surface area contributed by atoms with Gasteiger partial charge < -0.3 is 14.8 Å². The Labute approximate surface area is 121 Å². The molecule has 0 atom stereocenters. The van der Waals surface area contributed by atoms with E-state index in [1.807, 2.05) is 0 Å². The molecule has 10 heteroatoms. The maximum absolute atomic E-state index is 12.0. The predicted molar refractivity (Wildman–Crippen MR) is 67.8 cm³/mol. The highest BCUT2D eigenvalue weighted by molar-refractivity contribution is 6.28. The van der Waals surface area contributed by atoms with Gasteiger partial charge in [0.2, 0.25) is 11.2 Å². The minimum atomic E-state index is -4.73. The maximum Gasteiger partial charge on any atom is 0.573 e. The van der Waals surface area contributed by atoms with Crippen molar-refractivity contribution in [2.75, 3.05) is 12.4 Å². The molecule has 0 saturated carbocycles. The van der Waals surface area contributed by atoms with Gasteiger partial charge in [-0.25, -0.2) is 0 Å². The number of nitrogens with zero attached hydrogens (tertiary/aromatic N) is 3. The molecule has 1 heterocycles. The smallest absolute Gasteiger partial charge is 0.467 e. The molecule has 0 saturated heterocycles. The van der Waals surface area contributed by atoms with Gasteiger partial charge in [0.15, 0.2) is 0 Å². The Morgan fingerprint density at radius 3 is 2.33 bits per heavy atom. The number of benzene rings is 1. The number of halogens is 4. The van der Waals surface area contributed by atoms with Crippen molar-refractivity contribution in [3.63, 3.8) is 0 Å².